The quantitative estimate of drug-likeness (QED) is 0.0821. The van der Waals surface area contributed by atoms with E-state index in [1.165, 1.54) is 6.92 Å². The second-order valence-electron chi connectivity index (χ2n) is 15.9. The summed E-state index contributed by atoms with van der Waals surface area (Å²) in [5, 5.41) is 20.7. The number of carbonyl (C=O) groups is 5. The van der Waals surface area contributed by atoms with Crippen LogP contribution in [0.5, 0.6) is 0 Å². The number of carboxylic acid groups (broad SMARTS) is 1. The molecule has 1 unspecified atom stereocenters. The molecule has 0 rings (SSSR count). The molecule has 0 fully saturated rings. The van der Waals surface area contributed by atoms with Gasteiger partial charge in [0.1, 0.15) is 6.04 Å². The molecule has 7 N–H and O–H groups in total. The highest BCUT2D eigenvalue weighted by Gasteiger charge is 2.31. The van der Waals surface area contributed by atoms with E-state index in [0.717, 1.165) is 19.3 Å². The van der Waals surface area contributed by atoms with Gasteiger partial charge in [-0.1, -0.05) is 20.8 Å². The van der Waals surface area contributed by atoms with Crippen molar-refractivity contribution in [1.82, 2.24) is 21.3 Å². The van der Waals surface area contributed by atoms with E-state index in [1.807, 2.05) is 48.5 Å². The van der Waals surface area contributed by atoms with Gasteiger partial charge in [0.05, 0.1) is 36.5 Å². The minimum atomic E-state index is -1.23. The SMILES string of the molecule is CC(N)C(=O)N[C@@H](CCC(=O)NCCOC(C)(C)CCOC(C)(C)CCC(=O)NCCCC[C@H](NC(C)(C)C)C(=O)C(C)(C)C)C(=O)O. The van der Waals surface area contributed by atoms with Crippen LogP contribution in [-0.2, 0) is 33.4 Å². The molecule has 280 valence electrons. The van der Waals surface area contributed by atoms with Crippen molar-refractivity contribution in [2.75, 3.05) is 26.3 Å². The van der Waals surface area contributed by atoms with Crippen LogP contribution in [0.25, 0.3) is 0 Å². The molecule has 0 aliphatic carbocycles. The van der Waals surface area contributed by atoms with Crippen molar-refractivity contribution in [3.05, 3.63) is 0 Å². The van der Waals surface area contributed by atoms with E-state index in [-0.39, 0.29) is 55.2 Å². The minimum Gasteiger partial charge on any atom is -0.480 e. The van der Waals surface area contributed by atoms with E-state index < -0.39 is 40.6 Å². The van der Waals surface area contributed by atoms with Gasteiger partial charge in [-0.25, -0.2) is 4.79 Å². The van der Waals surface area contributed by atoms with Crippen LogP contribution in [-0.4, -0.2) is 95.8 Å². The van der Waals surface area contributed by atoms with Crippen molar-refractivity contribution in [1.29, 1.82) is 0 Å². The number of nitrogens with one attached hydrogen (secondary N) is 4. The summed E-state index contributed by atoms with van der Waals surface area (Å²) in [6.07, 6.45) is 3.72. The molecular weight excluding hydrogens is 618 g/mol. The summed E-state index contributed by atoms with van der Waals surface area (Å²) in [6, 6.07) is -2.26. The number of amides is 3. The number of carboxylic acids is 1. The maximum absolute atomic E-state index is 12.9. The molecule has 0 spiro atoms. The van der Waals surface area contributed by atoms with Crippen molar-refractivity contribution in [3.8, 4) is 0 Å². The Kier molecular flexibility index (Phi) is 19.7. The lowest BCUT2D eigenvalue weighted by molar-refractivity contribution is -0.142. The van der Waals surface area contributed by atoms with Gasteiger partial charge in [-0.2, -0.15) is 0 Å². The van der Waals surface area contributed by atoms with Crippen LogP contribution < -0.4 is 27.0 Å². The molecule has 13 heteroatoms. The number of ketones is 1. The lowest BCUT2D eigenvalue weighted by Crippen LogP contribution is -2.50. The Labute approximate surface area is 289 Å². The van der Waals surface area contributed by atoms with Crippen LogP contribution in [0.1, 0.15) is 128 Å². The fourth-order valence-corrected chi connectivity index (χ4v) is 4.68. The van der Waals surface area contributed by atoms with Gasteiger partial charge in [-0.15, -0.1) is 0 Å². The average Bonchev–Trinajstić information content (AvgIpc) is 2.93. The lowest BCUT2D eigenvalue weighted by atomic mass is 9.84. The Hall–Kier alpha value is -2.61. The van der Waals surface area contributed by atoms with Crippen molar-refractivity contribution < 1.29 is 38.6 Å². The Balaban J connectivity index is 4.33. The zero-order chi connectivity index (χ0) is 37.3. The molecule has 0 aliphatic heterocycles. The molecule has 3 amide bonds. The summed E-state index contributed by atoms with van der Waals surface area (Å²) < 4.78 is 12.0. The van der Waals surface area contributed by atoms with Crippen LogP contribution in [0.4, 0.5) is 0 Å². The first-order valence-corrected chi connectivity index (χ1v) is 17.3. The Bertz CT molecular complexity index is 1030. The second-order valence-corrected chi connectivity index (χ2v) is 15.9. The molecule has 0 saturated heterocycles. The molecule has 48 heavy (non-hydrogen) atoms. The highest BCUT2D eigenvalue weighted by Crippen LogP contribution is 2.22. The summed E-state index contributed by atoms with van der Waals surface area (Å²) >= 11 is 0. The van der Waals surface area contributed by atoms with E-state index in [0.29, 0.717) is 32.4 Å². The van der Waals surface area contributed by atoms with Crippen LogP contribution in [0.3, 0.4) is 0 Å². The fraction of sp³-hybridized carbons (Fsp3) is 0.857. The number of hydrogen-bond acceptors (Lipinski definition) is 9. The zero-order valence-electron chi connectivity index (χ0n) is 31.6. The van der Waals surface area contributed by atoms with Gasteiger partial charge in [-0.05, 0) is 93.9 Å². The third kappa shape index (κ3) is 22.1. The standard InChI is InChI=1S/C35H67N5O8/c1-24(36)30(44)39-26(31(45)46)15-16-27(41)38-21-23-48-35(10,11)19-22-47-34(8,9)18-17-28(42)37-20-13-12-14-25(40-33(5,6)7)29(43)32(2,3)4/h24-26,40H,12-23,36H2,1-11H3,(H,37,42)(H,38,41)(H,39,44)(H,45,46)/t24?,25-,26-/m0/s1. The number of ether oxygens (including phenoxy) is 2. The van der Waals surface area contributed by atoms with E-state index in [4.69, 9.17) is 15.2 Å². The summed E-state index contributed by atoms with van der Waals surface area (Å²) in [5.74, 6) is -1.99. The van der Waals surface area contributed by atoms with Crippen LogP contribution in [0.15, 0.2) is 0 Å². The highest BCUT2D eigenvalue weighted by atomic mass is 16.5. The number of hydrogen-bond donors (Lipinski definition) is 6. The number of Topliss-reactive ketones (excluding diaryl/α,β-unsaturated/α-hetero) is 1. The van der Waals surface area contributed by atoms with E-state index in [1.54, 1.807) is 0 Å². The van der Waals surface area contributed by atoms with Crippen molar-refractivity contribution in [2.24, 2.45) is 11.1 Å². The number of unbranched alkanes of at least 4 members (excludes halogenated alkanes) is 1. The van der Waals surface area contributed by atoms with Crippen molar-refractivity contribution in [2.45, 2.75) is 162 Å². The summed E-state index contributed by atoms with van der Waals surface area (Å²) in [5.41, 5.74) is 3.85. The molecule has 0 radical (unpaired) electrons. The highest BCUT2D eigenvalue weighted by molar-refractivity contribution is 5.89. The van der Waals surface area contributed by atoms with Gasteiger partial charge in [0.2, 0.25) is 17.7 Å². The molecule has 0 bridgehead atoms. The zero-order valence-corrected chi connectivity index (χ0v) is 31.6. The Morgan fingerprint density at radius 2 is 1.25 bits per heavy atom. The molecule has 0 saturated carbocycles. The van der Waals surface area contributed by atoms with Gasteiger partial charge < -0.3 is 41.6 Å². The molecule has 0 aromatic rings. The Morgan fingerprint density at radius 1 is 0.708 bits per heavy atom. The van der Waals surface area contributed by atoms with Gasteiger partial charge in [0.15, 0.2) is 5.78 Å². The monoisotopic (exact) mass is 685 g/mol. The van der Waals surface area contributed by atoms with Crippen LogP contribution >= 0.6 is 0 Å². The molecule has 0 aromatic carbocycles. The first-order valence-electron chi connectivity index (χ1n) is 17.3. The first-order chi connectivity index (χ1) is 21.8. The van der Waals surface area contributed by atoms with Gasteiger partial charge in [0, 0.05) is 36.9 Å². The summed E-state index contributed by atoms with van der Waals surface area (Å²) in [6.45, 7) is 22.7. The predicted molar refractivity (Wildman–Crippen MR) is 187 cm³/mol. The second kappa shape index (κ2) is 20.8. The van der Waals surface area contributed by atoms with E-state index in [9.17, 15) is 29.1 Å². The van der Waals surface area contributed by atoms with Gasteiger partial charge in [-0.3, -0.25) is 19.2 Å². The molecule has 0 aliphatic rings. The first kappa shape index (κ1) is 45.4. The number of nitrogens with two attached hydrogens (primary N) is 1. The third-order valence-corrected chi connectivity index (χ3v) is 7.66. The van der Waals surface area contributed by atoms with Crippen molar-refractivity contribution in [3.63, 3.8) is 0 Å². The molecule has 3 atom stereocenters. The third-order valence-electron chi connectivity index (χ3n) is 7.66. The predicted octanol–water partition coefficient (Wildman–Crippen LogP) is 3.22. The normalized spacial score (nSPS) is 14.5. The number of rotatable bonds is 24. The Morgan fingerprint density at radius 3 is 1.79 bits per heavy atom. The van der Waals surface area contributed by atoms with Gasteiger partial charge >= 0.3 is 5.97 Å². The lowest BCUT2D eigenvalue weighted by Gasteiger charge is -2.32. The molecular formula is C35H67N5O8. The summed E-state index contributed by atoms with van der Waals surface area (Å²) in [7, 11) is 0. The molecule has 0 aromatic heterocycles. The fourth-order valence-electron chi connectivity index (χ4n) is 4.68. The van der Waals surface area contributed by atoms with Crippen LogP contribution in [0, 0.1) is 5.41 Å². The molecule has 13 nitrogen and oxygen atoms in total. The minimum absolute atomic E-state index is 0.0269. The van der Waals surface area contributed by atoms with E-state index in [2.05, 4.69) is 42.0 Å². The molecule has 0 heterocycles. The average molecular weight is 686 g/mol. The summed E-state index contributed by atoms with van der Waals surface area (Å²) in [4.78, 5) is 60.6. The topological polar surface area (TPSA) is 198 Å². The van der Waals surface area contributed by atoms with Gasteiger partial charge in [0.25, 0.3) is 0 Å². The maximum Gasteiger partial charge on any atom is 0.326 e. The largest absolute Gasteiger partial charge is 0.480 e. The van der Waals surface area contributed by atoms with E-state index >= 15 is 0 Å². The number of aliphatic carboxylic acids is 1. The smallest absolute Gasteiger partial charge is 0.326 e. The van der Waals surface area contributed by atoms with Crippen LogP contribution in [0.2, 0.25) is 0 Å². The number of carbonyl (C=O) groups excluding carboxylic acids is 4. The maximum atomic E-state index is 12.9. The van der Waals surface area contributed by atoms with Crippen molar-refractivity contribution >= 4 is 29.5 Å².